The number of hydrogen-bond donors (Lipinski definition) is 2. The standard InChI is InChI=1S/C7H14N2O.H3N/c8-4-2-6-9-5-1-3-7(9)10;/h1-6,8H2;1H3. The molecule has 0 aromatic rings. The number of hydrogen-bond acceptors (Lipinski definition) is 3. The summed E-state index contributed by atoms with van der Waals surface area (Å²) in [7, 11) is 0. The summed E-state index contributed by atoms with van der Waals surface area (Å²) in [6.45, 7) is 2.48. The van der Waals surface area contributed by atoms with E-state index in [1.54, 1.807) is 0 Å². The van der Waals surface area contributed by atoms with Crippen molar-refractivity contribution >= 4 is 5.91 Å². The predicted octanol–water partition coefficient (Wildman–Crippen LogP) is 0.120. The molecule has 0 saturated carbocycles. The van der Waals surface area contributed by atoms with Crippen LogP contribution in [0.5, 0.6) is 0 Å². The molecule has 1 aliphatic rings. The normalized spacial score (nSPS) is 16.8. The lowest BCUT2D eigenvalue weighted by Crippen LogP contribution is -2.27. The lowest BCUT2D eigenvalue weighted by atomic mass is 10.4. The highest BCUT2D eigenvalue weighted by Crippen LogP contribution is 2.08. The predicted molar refractivity (Wildman–Crippen MR) is 44.5 cm³/mol. The molecule has 1 saturated heterocycles. The average Bonchev–Trinajstić information content (AvgIpc) is 2.31. The molecule has 1 heterocycles. The van der Waals surface area contributed by atoms with E-state index in [4.69, 9.17) is 5.73 Å². The molecule has 0 radical (unpaired) electrons. The van der Waals surface area contributed by atoms with Crippen LogP contribution >= 0.6 is 0 Å². The quantitative estimate of drug-likeness (QED) is 0.613. The van der Waals surface area contributed by atoms with E-state index in [0.717, 1.165) is 32.4 Å². The summed E-state index contributed by atoms with van der Waals surface area (Å²) in [6.07, 6.45) is 2.71. The summed E-state index contributed by atoms with van der Waals surface area (Å²) in [4.78, 5) is 12.9. The van der Waals surface area contributed by atoms with Gasteiger partial charge in [-0.2, -0.15) is 0 Å². The molecule has 4 heteroatoms. The van der Waals surface area contributed by atoms with Crippen LogP contribution in [-0.2, 0) is 4.79 Å². The molecule has 5 N–H and O–H groups in total. The van der Waals surface area contributed by atoms with Crippen LogP contribution in [0.25, 0.3) is 0 Å². The summed E-state index contributed by atoms with van der Waals surface area (Å²) in [6, 6.07) is 0. The highest BCUT2D eigenvalue weighted by Gasteiger charge is 2.18. The van der Waals surface area contributed by atoms with Crippen molar-refractivity contribution in [3.63, 3.8) is 0 Å². The first-order valence-electron chi connectivity index (χ1n) is 3.82. The highest BCUT2D eigenvalue weighted by molar-refractivity contribution is 5.77. The van der Waals surface area contributed by atoms with E-state index in [2.05, 4.69) is 0 Å². The van der Waals surface area contributed by atoms with Crippen LogP contribution in [0.2, 0.25) is 0 Å². The fourth-order valence-electron chi connectivity index (χ4n) is 1.22. The van der Waals surface area contributed by atoms with Gasteiger partial charge in [-0.15, -0.1) is 0 Å². The Morgan fingerprint density at radius 1 is 1.55 bits per heavy atom. The number of carbonyl (C=O) groups is 1. The van der Waals surface area contributed by atoms with Crippen molar-refractivity contribution < 1.29 is 4.79 Å². The van der Waals surface area contributed by atoms with Crippen molar-refractivity contribution in [3.8, 4) is 0 Å². The number of rotatable bonds is 3. The minimum absolute atomic E-state index is 0. The third-order valence-corrected chi connectivity index (χ3v) is 1.80. The first-order valence-corrected chi connectivity index (χ1v) is 3.82. The van der Waals surface area contributed by atoms with Crippen molar-refractivity contribution in [2.45, 2.75) is 19.3 Å². The van der Waals surface area contributed by atoms with Crippen LogP contribution in [0.15, 0.2) is 0 Å². The molecule has 1 aliphatic heterocycles. The molecular weight excluding hydrogens is 142 g/mol. The van der Waals surface area contributed by atoms with Crippen molar-refractivity contribution in [1.82, 2.24) is 11.1 Å². The van der Waals surface area contributed by atoms with Gasteiger partial charge in [-0.3, -0.25) is 4.79 Å². The van der Waals surface area contributed by atoms with Gasteiger partial charge in [0.25, 0.3) is 0 Å². The average molecular weight is 159 g/mol. The Balaban J connectivity index is 0.000001000. The zero-order valence-electron chi connectivity index (χ0n) is 6.88. The van der Waals surface area contributed by atoms with Crippen molar-refractivity contribution in [2.24, 2.45) is 5.73 Å². The van der Waals surface area contributed by atoms with E-state index >= 15 is 0 Å². The molecule has 0 unspecified atom stereocenters. The fraction of sp³-hybridized carbons (Fsp3) is 0.857. The Morgan fingerprint density at radius 3 is 2.73 bits per heavy atom. The van der Waals surface area contributed by atoms with Gasteiger partial charge in [0.1, 0.15) is 0 Å². The minimum Gasteiger partial charge on any atom is -0.344 e. The molecule has 66 valence electrons. The molecule has 11 heavy (non-hydrogen) atoms. The lowest BCUT2D eigenvalue weighted by molar-refractivity contribution is -0.127. The van der Waals surface area contributed by atoms with Gasteiger partial charge in [0.2, 0.25) is 5.91 Å². The van der Waals surface area contributed by atoms with Crippen LogP contribution in [0.3, 0.4) is 0 Å². The van der Waals surface area contributed by atoms with E-state index < -0.39 is 0 Å². The number of amides is 1. The summed E-state index contributed by atoms with van der Waals surface area (Å²) in [5, 5.41) is 0. The summed E-state index contributed by atoms with van der Waals surface area (Å²) in [5.41, 5.74) is 5.31. The second-order valence-electron chi connectivity index (χ2n) is 2.63. The van der Waals surface area contributed by atoms with Crippen molar-refractivity contribution in [3.05, 3.63) is 0 Å². The zero-order chi connectivity index (χ0) is 7.40. The third kappa shape index (κ3) is 2.86. The minimum atomic E-state index is 0. The molecule has 4 nitrogen and oxygen atoms in total. The molecule has 1 fully saturated rings. The van der Waals surface area contributed by atoms with Gasteiger partial charge in [-0.1, -0.05) is 0 Å². The van der Waals surface area contributed by atoms with E-state index in [1.165, 1.54) is 0 Å². The van der Waals surface area contributed by atoms with Crippen molar-refractivity contribution in [1.29, 1.82) is 0 Å². The maximum absolute atomic E-state index is 11.0. The smallest absolute Gasteiger partial charge is 0.222 e. The van der Waals surface area contributed by atoms with Crippen LogP contribution in [0, 0.1) is 0 Å². The van der Waals surface area contributed by atoms with Gasteiger partial charge < -0.3 is 16.8 Å². The van der Waals surface area contributed by atoms with Gasteiger partial charge in [-0.25, -0.2) is 0 Å². The molecule has 0 bridgehead atoms. The molecule has 0 atom stereocenters. The zero-order valence-corrected chi connectivity index (χ0v) is 6.88. The second kappa shape index (κ2) is 5.09. The molecule has 0 aliphatic carbocycles. The van der Waals surface area contributed by atoms with Gasteiger partial charge in [0, 0.05) is 19.5 Å². The van der Waals surface area contributed by atoms with E-state index in [0.29, 0.717) is 12.5 Å². The molecule has 0 aromatic carbocycles. The second-order valence-corrected chi connectivity index (χ2v) is 2.63. The first-order chi connectivity index (χ1) is 4.84. The van der Waals surface area contributed by atoms with Crippen molar-refractivity contribution in [2.75, 3.05) is 19.6 Å². The Bertz CT molecular complexity index is 127. The topological polar surface area (TPSA) is 81.3 Å². The fourth-order valence-corrected chi connectivity index (χ4v) is 1.22. The maximum Gasteiger partial charge on any atom is 0.222 e. The largest absolute Gasteiger partial charge is 0.344 e. The van der Waals surface area contributed by atoms with Gasteiger partial charge in [0.15, 0.2) is 0 Å². The number of nitrogens with zero attached hydrogens (tertiary/aromatic N) is 1. The Morgan fingerprint density at radius 2 is 2.27 bits per heavy atom. The maximum atomic E-state index is 11.0. The number of carbonyl (C=O) groups excluding carboxylic acids is 1. The van der Waals surface area contributed by atoms with Crippen LogP contribution in [0.4, 0.5) is 0 Å². The van der Waals surface area contributed by atoms with Crippen LogP contribution in [-0.4, -0.2) is 30.4 Å². The van der Waals surface area contributed by atoms with Crippen LogP contribution in [0.1, 0.15) is 19.3 Å². The van der Waals surface area contributed by atoms with Crippen LogP contribution < -0.4 is 11.9 Å². The Labute approximate surface area is 67.3 Å². The molecule has 0 spiro atoms. The van der Waals surface area contributed by atoms with E-state index in [9.17, 15) is 4.79 Å². The monoisotopic (exact) mass is 159 g/mol. The number of likely N-dealkylation sites (tertiary alicyclic amines) is 1. The Kier molecular flexibility index (Phi) is 4.81. The summed E-state index contributed by atoms with van der Waals surface area (Å²) in [5.74, 6) is 0.299. The third-order valence-electron chi connectivity index (χ3n) is 1.80. The van der Waals surface area contributed by atoms with Gasteiger partial charge in [-0.05, 0) is 19.4 Å². The van der Waals surface area contributed by atoms with E-state index in [1.807, 2.05) is 4.90 Å². The first kappa shape index (κ1) is 10.4. The lowest BCUT2D eigenvalue weighted by Gasteiger charge is -2.13. The molecule has 0 aromatic heterocycles. The van der Waals surface area contributed by atoms with Gasteiger partial charge >= 0.3 is 0 Å². The van der Waals surface area contributed by atoms with Gasteiger partial charge in [0.05, 0.1) is 0 Å². The summed E-state index contributed by atoms with van der Waals surface area (Å²) < 4.78 is 0. The van der Waals surface area contributed by atoms with E-state index in [-0.39, 0.29) is 6.15 Å². The Hall–Kier alpha value is -0.610. The number of nitrogens with two attached hydrogens (primary N) is 1. The SMILES string of the molecule is N.NCCCN1CCCC1=O. The molecule has 1 amide bonds. The molecule has 1 rings (SSSR count). The molecular formula is C7H17N3O. The highest BCUT2D eigenvalue weighted by atomic mass is 16.2. The summed E-state index contributed by atoms with van der Waals surface area (Å²) >= 11 is 0.